The number of hydrogen-bond acceptors (Lipinski definition) is 5. The summed E-state index contributed by atoms with van der Waals surface area (Å²) in [6.07, 6.45) is -2.42. The van der Waals surface area contributed by atoms with Crippen LogP contribution in [-0.4, -0.2) is 41.9 Å². The first-order valence-corrected chi connectivity index (χ1v) is 11.7. The summed E-state index contributed by atoms with van der Waals surface area (Å²) in [6, 6.07) is 17.7. The molecule has 192 valence electrons. The van der Waals surface area contributed by atoms with Crippen LogP contribution in [0.15, 0.2) is 60.7 Å². The first kappa shape index (κ1) is 27.1. The van der Waals surface area contributed by atoms with Crippen LogP contribution in [0.2, 0.25) is 0 Å². The number of halogens is 2. The summed E-state index contributed by atoms with van der Waals surface area (Å²) in [7, 11) is 0. The molecule has 0 bridgehead atoms. The highest BCUT2D eigenvalue weighted by Crippen LogP contribution is 2.33. The summed E-state index contributed by atoms with van der Waals surface area (Å²) < 4.78 is 38.2. The minimum absolute atomic E-state index is 0.175. The number of carboxylic acid groups (broad SMARTS) is 1. The van der Waals surface area contributed by atoms with Crippen LogP contribution in [0.4, 0.5) is 14.5 Å². The molecule has 1 atom stereocenters. The van der Waals surface area contributed by atoms with Gasteiger partial charge >= 0.3 is 11.9 Å². The van der Waals surface area contributed by atoms with Crippen molar-refractivity contribution in [1.82, 2.24) is 0 Å². The van der Waals surface area contributed by atoms with Gasteiger partial charge in [-0.25, -0.2) is 4.79 Å². The Labute approximate surface area is 209 Å². The number of benzene rings is 3. The minimum atomic E-state index is -4.26. The molecule has 0 saturated heterocycles. The van der Waals surface area contributed by atoms with Gasteiger partial charge in [0, 0.05) is 18.8 Å². The fourth-order valence-electron chi connectivity index (χ4n) is 3.98. The standard InChI is InChI=1S/C28H31F2NO5/c1-4-35-12-13-36-24-14-18(2)25(19(3)15-24)22-7-5-6-20(16-22)17-31-23-10-8-21(9-11-23)26(32)28(29,30)27(33)34/h5-11,14-16,26,31-32H,4,12-13,17H2,1-3H3,(H,33,34). The van der Waals surface area contributed by atoms with Crippen LogP contribution in [0.5, 0.6) is 5.75 Å². The van der Waals surface area contributed by atoms with E-state index in [9.17, 15) is 18.7 Å². The maximum atomic E-state index is 13.6. The normalized spacial score (nSPS) is 12.3. The van der Waals surface area contributed by atoms with E-state index in [1.54, 1.807) is 0 Å². The number of aryl methyl sites for hydroxylation is 2. The molecular formula is C28H31F2NO5. The number of aliphatic carboxylic acids is 1. The number of alkyl halides is 2. The Bertz CT molecular complexity index is 1160. The maximum absolute atomic E-state index is 13.6. The number of hydrogen-bond donors (Lipinski definition) is 3. The van der Waals surface area contributed by atoms with Crippen LogP contribution >= 0.6 is 0 Å². The first-order chi connectivity index (χ1) is 17.1. The fraction of sp³-hybridized carbons (Fsp3) is 0.321. The lowest BCUT2D eigenvalue weighted by Crippen LogP contribution is -2.35. The highest BCUT2D eigenvalue weighted by Gasteiger charge is 2.47. The number of nitrogens with one attached hydrogen (secondary N) is 1. The minimum Gasteiger partial charge on any atom is -0.491 e. The summed E-state index contributed by atoms with van der Waals surface area (Å²) in [5, 5.41) is 21.5. The Balaban J connectivity index is 1.68. The van der Waals surface area contributed by atoms with Gasteiger partial charge in [-0.3, -0.25) is 0 Å². The Morgan fingerprint density at radius 2 is 1.69 bits per heavy atom. The number of rotatable bonds is 12. The Kier molecular flexibility index (Phi) is 9.01. The highest BCUT2D eigenvalue weighted by molar-refractivity contribution is 5.76. The van der Waals surface area contributed by atoms with Crippen LogP contribution in [0, 0.1) is 13.8 Å². The van der Waals surface area contributed by atoms with Crippen molar-refractivity contribution in [2.45, 2.75) is 39.3 Å². The molecule has 0 radical (unpaired) electrons. The Hall–Kier alpha value is -3.49. The van der Waals surface area contributed by atoms with Gasteiger partial charge in [-0.05, 0) is 84.5 Å². The van der Waals surface area contributed by atoms with Crippen LogP contribution in [0.3, 0.4) is 0 Å². The molecule has 3 N–H and O–H groups in total. The second kappa shape index (κ2) is 12.0. The third-order valence-electron chi connectivity index (χ3n) is 5.77. The molecule has 8 heteroatoms. The van der Waals surface area contributed by atoms with Crippen molar-refractivity contribution in [3.63, 3.8) is 0 Å². The van der Waals surface area contributed by atoms with Gasteiger partial charge in [-0.2, -0.15) is 8.78 Å². The molecule has 3 rings (SSSR count). The SMILES string of the molecule is CCOCCOc1cc(C)c(-c2cccc(CNc3ccc(C(O)C(F)(F)C(=O)O)cc3)c2)c(C)c1. The molecule has 6 nitrogen and oxygen atoms in total. The number of ether oxygens (including phenoxy) is 2. The molecule has 3 aromatic carbocycles. The van der Waals surface area contributed by atoms with Gasteiger partial charge < -0.3 is 25.0 Å². The van der Waals surface area contributed by atoms with E-state index in [0.29, 0.717) is 32.1 Å². The quantitative estimate of drug-likeness (QED) is 0.275. The van der Waals surface area contributed by atoms with E-state index in [0.717, 1.165) is 33.6 Å². The zero-order valence-electron chi connectivity index (χ0n) is 20.6. The first-order valence-electron chi connectivity index (χ1n) is 11.7. The molecule has 0 aliphatic carbocycles. The van der Waals surface area contributed by atoms with E-state index in [-0.39, 0.29) is 5.56 Å². The van der Waals surface area contributed by atoms with E-state index < -0.39 is 18.0 Å². The predicted octanol–water partition coefficient (Wildman–Crippen LogP) is 5.75. The molecule has 0 aliphatic heterocycles. The highest BCUT2D eigenvalue weighted by atomic mass is 19.3. The molecule has 0 aromatic heterocycles. The third kappa shape index (κ3) is 6.59. The Morgan fingerprint density at radius 1 is 1.03 bits per heavy atom. The largest absolute Gasteiger partial charge is 0.491 e. The number of anilines is 1. The lowest BCUT2D eigenvalue weighted by atomic mass is 9.94. The summed E-state index contributed by atoms with van der Waals surface area (Å²) in [5.41, 5.74) is 5.89. The van der Waals surface area contributed by atoms with Crippen molar-refractivity contribution in [3.8, 4) is 16.9 Å². The molecule has 0 saturated carbocycles. The fourth-order valence-corrected chi connectivity index (χ4v) is 3.98. The van der Waals surface area contributed by atoms with Crippen molar-refractivity contribution >= 4 is 11.7 Å². The summed E-state index contributed by atoms with van der Waals surface area (Å²) in [5.74, 6) is -5.83. The van der Waals surface area contributed by atoms with Crippen LogP contribution in [-0.2, 0) is 16.1 Å². The van der Waals surface area contributed by atoms with E-state index in [1.165, 1.54) is 24.3 Å². The second-order valence-electron chi connectivity index (χ2n) is 8.48. The van der Waals surface area contributed by atoms with Gasteiger partial charge in [-0.15, -0.1) is 0 Å². The lowest BCUT2D eigenvalue weighted by molar-refractivity contribution is -0.182. The van der Waals surface area contributed by atoms with Gasteiger partial charge in [0.25, 0.3) is 0 Å². The van der Waals surface area contributed by atoms with E-state index >= 15 is 0 Å². The van der Waals surface area contributed by atoms with Crippen LogP contribution < -0.4 is 10.1 Å². The van der Waals surface area contributed by atoms with Gasteiger partial charge in [-0.1, -0.05) is 30.3 Å². The zero-order chi connectivity index (χ0) is 26.3. The number of aliphatic hydroxyl groups excluding tert-OH is 1. The average molecular weight is 500 g/mol. The molecule has 1 unspecified atom stereocenters. The topological polar surface area (TPSA) is 88.0 Å². The predicted molar refractivity (Wildman–Crippen MR) is 135 cm³/mol. The molecule has 0 heterocycles. The van der Waals surface area contributed by atoms with Gasteiger partial charge in [0.15, 0.2) is 6.10 Å². The second-order valence-corrected chi connectivity index (χ2v) is 8.48. The van der Waals surface area contributed by atoms with Crippen molar-refractivity contribution < 1.29 is 33.3 Å². The van der Waals surface area contributed by atoms with E-state index in [2.05, 4.69) is 11.4 Å². The maximum Gasteiger partial charge on any atom is 0.377 e. The summed E-state index contributed by atoms with van der Waals surface area (Å²) in [4.78, 5) is 10.7. The van der Waals surface area contributed by atoms with Crippen LogP contribution in [0.25, 0.3) is 11.1 Å². The number of carbonyl (C=O) groups is 1. The van der Waals surface area contributed by atoms with Gasteiger partial charge in [0.2, 0.25) is 0 Å². The molecule has 0 spiro atoms. The van der Waals surface area contributed by atoms with Crippen molar-refractivity contribution in [2.24, 2.45) is 0 Å². The monoisotopic (exact) mass is 499 g/mol. The molecule has 36 heavy (non-hydrogen) atoms. The Morgan fingerprint density at radius 3 is 2.31 bits per heavy atom. The van der Waals surface area contributed by atoms with E-state index in [4.69, 9.17) is 14.6 Å². The summed E-state index contributed by atoms with van der Waals surface area (Å²) in [6.45, 7) is 8.23. The van der Waals surface area contributed by atoms with Crippen molar-refractivity contribution in [1.29, 1.82) is 0 Å². The smallest absolute Gasteiger partial charge is 0.377 e. The lowest BCUT2D eigenvalue weighted by Gasteiger charge is -2.19. The summed E-state index contributed by atoms with van der Waals surface area (Å²) >= 11 is 0. The third-order valence-corrected chi connectivity index (χ3v) is 5.77. The number of aliphatic hydroxyl groups is 1. The van der Waals surface area contributed by atoms with Crippen molar-refractivity contribution in [3.05, 3.63) is 82.9 Å². The van der Waals surface area contributed by atoms with Gasteiger partial charge in [0.1, 0.15) is 12.4 Å². The van der Waals surface area contributed by atoms with Gasteiger partial charge in [0.05, 0.1) is 6.61 Å². The van der Waals surface area contributed by atoms with Crippen molar-refractivity contribution in [2.75, 3.05) is 25.1 Å². The molecule has 3 aromatic rings. The molecule has 0 aliphatic rings. The number of carboxylic acids is 1. The molecular weight excluding hydrogens is 468 g/mol. The average Bonchev–Trinajstić information content (AvgIpc) is 2.85. The zero-order valence-corrected chi connectivity index (χ0v) is 20.6. The van der Waals surface area contributed by atoms with E-state index in [1.807, 2.05) is 51.1 Å². The molecule has 0 fully saturated rings. The molecule has 0 amide bonds. The van der Waals surface area contributed by atoms with Crippen LogP contribution in [0.1, 0.15) is 35.3 Å².